The fourth-order valence-corrected chi connectivity index (χ4v) is 3.87. The van der Waals surface area contributed by atoms with Crippen molar-refractivity contribution in [2.75, 3.05) is 5.75 Å². The van der Waals surface area contributed by atoms with Crippen LogP contribution < -0.4 is 0 Å². The summed E-state index contributed by atoms with van der Waals surface area (Å²) in [6.07, 6.45) is 8.14. The van der Waals surface area contributed by atoms with Crippen molar-refractivity contribution in [3.05, 3.63) is 0 Å². The van der Waals surface area contributed by atoms with E-state index in [-0.39, 0.29) is 5.41 Å². The van der Waals surface area contributed by atoms with Gasteiger partial charge in [-0.2, -0.15) is 11.8 Å². The van der Waals surface area contributed by atoms with Crippen LogP contribution in [0.4, 0.5) is 0 Å². The first kappa shape index (κ1) is 10.3. The molecule has 0 bridgehead atoms. The van der Waals surface area contributed by atoms with E-state index in [1.807, 2.05) is 11.8 Å². The van der Waals surface area contributed by atoms with Gasteiger partial charge in [-0.15, -0.1) is 0 Å². The Morgan fingerprint density at radius 3 is 2.50 bits per heavy atom. The molecule has 0 aromatic heterocycles. The Hall–Kier alpha value is -0.180. The quantitative estimate of drug-likeness (QED) is 0.764. The van der Waals surface area contributed by atoms with Gasteiger partial charge < -0.3 is 5.11 Å². The zero-order valence-electron chi connectivity index (χ0n) is 8.50. The molecule has 0 aromatic rings. The predicted molar refractivity (Wildman–Crippen MR) is 58.6 cm³/mol. The van der Waals surface area contributed by atoms with Crippen LogP contribution in [0.1, 0.15) is 44.9 Å². The van der Waals surface area contributed by atoms with Gasteiger partial charge in [0.05, 0.1) is 6.42 Å². The summed E-state index contributed by atoms with van der Waals surface area (Å²) in [5, 5.41) is 9.61. The van der Waals surface area contributed by atoms with Gasteiger partial charge in [-0.25, -0.2) is 0 Å². The standard InChI is InChI=1S/C11H18O2S/c12-10(13)7-11(5-6-11)8-14-9-3-1-2-4-9/h9H,1-8H2,(H,12,13). The predicted octanol–water partition coefficient (Wildman–Crippen LogP) is 2.92. The Morgan fingerprint density at radius 1 is 1.36 bits per heavy atom. The highest BCUT2D eigenvalue weighted by Gasteiger charge is 2.44. The third-order valence-corrected chi connectivity index (χ3v) is 5.13. The average Bonchev–Trinajstić information content (AvgIpc) is 2.68. The van der Waals surface area contributed by atoms with Gasteiger partial charge in [-0.05, 0) is 36.9 Å². The zero-order valence-corrected chi connectivity index (χ0v) is 9.31. The Kier molecular flexibility index (Phi) is 3.05. The van der Waals surface area contributed by atoms with E-state index in [9.17, 15) is 4.79 Å². The molecule has 2 saturated carbocycles. The largest absolute Gasteiger partial charge is 0.481 e. The van der Waals surface area contributed by atoms with E-state index in [1.165, 1.54) is 25.7 Å². The number of hydrogen-bond acceptors (Lipinski definition) is 2. The highest BCUT2D eigenvalue weighted by Crippen LogP contribution is 2.52. The molecule has 2 nitrogen and oxygen atoms in total. The summed E-state index contributed by atoms with van der Waals surface area (Å²) in [7, 11) is 0. The minimum Gasteiger partial charge on any atom is -0.481 e. The Labute approximate surface area is 89.5 Å². The van der Waals surface area contributed by atoms with Crippen LogP contribution in [-0.2, 0) is 4.79 Å². The number of carboxylic acids is 1. The van der Waals surface area contributed by atoms with Crippen LogP contribution in [0.15, 0.2) is 0 Å². The minimum atomic E-state index is -0.616. The van der Waals surface area contributed by atoms with E-state index in [0.717, 1.165) is 23.8 Å². The van der Waals surface area contributed by atoms with E-state index in [4.69, 9.17) is 5.11 Å². The molecule has 0 amide bonds. The molecule has 3 heteroatoms. The highest BCUT2D eigenvalue weighted by molar-refractivity contribution is 7.99. The Bertz CT molecular complexity index is 217. The van der Waals surface area contributed by atoms with Crippen molar-refractivity contribution in [1.82, 2.24) is 0 Å². The fourth-order valence-electron chi connectivity index (χ4n) is 2.22. The van der Waals surface area contributed by atoms with Crippen molar-refractivity contribution in [2.24, 2.45) is 5.41 Å². The maximum Gasteiger partial charge on any atom is 0.303 e. The lowest BCUT2D eigenvalue weighted by atomic mass is 10.1. The first-order valence-corrected chi connectivity index (χ1v) is 6.59. The summed E-state index contributed by atoms with van der Waals surface area (Å²) in [4.78, 5) is 10.6. The van der Waals surface area contributed by atoms with Crippen LogP contribution in [-0.4, -0.2) is 22.1 Å². The van der Waals surface area contributed by atoms with Crippen LogP contribution >= 0.6 is 11.8 Å². The second-order valence-electron chi connectivity index (χ2n) is 4.79. The van der Waals surface area contributed by atoms with Gasteiger partial charge in [0.25, 0.3) is 0 Å². The van der Waals surface area contributed by atoms with E-state index in [2.05, 4.69) is 0 Å². The Balaban J connectivity index is 1.71. The molecule has 1 N–H and O–H groups in total. The van der Waals surface area contributed by atoms with Gasteiger partial charge in [0.2, 0.25) is 0 Å². The molecule has 0 aliphatic heterocycles. The zero-order chi connectivity index (χ0) is 10.0. The van der Waals surface area contributed by atoms with Crippen molar-refractivity contribution in [3.63, 3.8) is 0 Å². The molecular weight excluding hydrogens is 196 g/mol. The van der Waals surface area contributed by atoms with Gasteiger partial charge in [0, 0.05) is 5.25 Å². The Morgan fingerprint density at radius 2 is 2.00 bits per heavy atom. The molecule has 2 fully saturated rings. The fraction of sp³-hybridized carbons (Fsp3) is 0.909. The van der Waals surface area contributed by atoms with Crippen molar-refractivity contribution in [3.8, 4) is 0 Å². The average molecular weight is 214 g/mol. The molecular formula is C11H18O2S. The van der Waals surface area contributed by atoms with Crippen LogP contribution in [0, 0.1) is 5.41 Å². The van der Waals surface area contributed by atoms with E-state index >= 15 is 0 Å². The molecule has 2 rings (SSSR count). The third-order valence-electron chi connectivity index (χ3n) is 3.41. The van der Waals surface area contributed by atoms with Crippen molar-refractivity contribution >= 4 is 17.7 Å². The molecule has 0 atom stereocenters. The van der Waals surface area contributed by atoms with Gasteiger partial charge in [-0.1, -0.05) is 12.8 Å². The highest BCUT2D eigenvalue weighted by atomic mass is 32.2. The van der Waals surface area contributed by atoms with Gasteiger partial charge in [0.15, 0.2) is 0 Å². The molecule has 0 aromatic carbocycles. The second-order valence-corrected chi connectivity index (χ2v) is 6.08. The van der Waals surface area contributed by atoms with Crippen LogP contribution in [0.25, 0.3) is 0 Å². The summed E-state index contributed by atoms with van der Waals surface area (Å²) < 4.78 is 0. The SMILES string of the molecule is O=C(O)CC1(CSC2CCCC2)CC1. The normalized spacial score (nSPS) is 25.1. The topological polar surface area (TPSA) is 37.3 Å². The number of carboxylic acid groups (broad SMARTS) is 1. The van der Waals surface area contributed by atoms with Crippen LogP contribution in [0.5, 0.6) is 0 Å². The lowest BCUT2D eigenvalue weighted by Crippen LogP contribution is -2.12. The lowest BCUT2D eigenvalue weighted by Gasteiger charge is -2.15. The van der Waals surface area contributed by atoms with Crippen molar-refractivity contribution in [1.29, 1.82) is 0 Å². The number of rotatable bonds is 5. The molecule has 14 heavy (non-hydrogen) atoms. The van der Waals surface area contributed by atoms with Gasteiger partial charge >= 0.3 is 5.97 Å². The van der Waals surface area contributed by atoms with Crippen LogP contribution in [0.3, 0.4) is 0 Å². The number of hydrogen-bond donors (Lipinski definition) is 1. The van der Waals surface area contributed by atoms with E-state index in [0.29, 0.717) is 6.42 Å². The summed E-state index contributed by atoms with van der Waals surface area (Å²) in [5.74, 6) is 0.471. The number of aliphatic carboxylic acids is 1. The molecule has 2 aliphatic carbocycles. The summed E-state index contributed by atoms with van der Waals surface area (Å²) >= 11 is 2.03. The van der Waals surface area contributed by atoms with E-state index in [1.54, 1.807) is 0 Å². The number of thioether (sulfide) groups is 1. The summed E-state index contributed by atoms with van der Waals surface area (Å²) in [5.41, 5.74) is 0.194. The smallest absolute Gasteiger partial charge is 0.303 e. The molecule has 2 aliphatic rings. The molecule has 0 saturated heterocycles. The molecule has 0 heterocycles. The minimum absolute atomic E-state index is 0.194. The van der Waals surface area contributed by atoms with Crippen LogP contribution in [0.2, 0.25) is 0 Å². The summed E-state index contributed by atoms with van der Waals surface area (Å²) in [6.45, 7) is 0. The van der Waals surface area contributed by atoms with Gasteiger partial charge in [-0.3, -0.25) is 4.79 Å². The molecule has 0 spiro atoms. The van der Waals surface area contributed by atoms with Gasteiger partial charge in [0.1, 0.15) is 0 Å². The van der Waals surface area contributed by atoms with E-state index < -0.39 is 5.97 Å². The lowest BCUT2D eigenvalue weighted by molar-refractivity contribution is -0.138. The molecule has 0 radical (unpaired) electrons. The summed E-state index contributed by atoms with van der Waals surface area (Å²) in [6, 6.07) is 0. The first-order valence-electron chi connectivity index (χ1n) is 5.54. The van der Waals surface area contributed by atoms with Crippen molar-refractivity contribution < 1.29 is 9.90 Å². The number of carbonyl (C=O) groups is 1. The maximum absolute atomic E-state index is 10.6. The molecule has 80 valence electrons. The second kappa shape index (κ2) is 4.13. The monoisotopic (exact) mass is 214 g/mol. The maximum atomic E-state index is 10.6. The third kappa shape index (κ3) is 2.66. The molecule has 0 unspecified atom stereocenters. The first-order chi connectivity index (χ1) is 6.70. The van der Waals surface area contributed by atoms with Crippen molar-refractivity contribution in [2.45, 2.75) is 50.2 Å².